The Balaban J connectivity index is 1.61. The number of carbonyl (C=O) groups is 2. The van der Waals surface area contributed by atoms with Crippen LogP contribution in [0.4, 0.5) is 4.39 Å². The summed E-state index contributed by atoms with van der Waals surface area (Å²) < 4.78 is 16.7. The summed E-state index contributed by atoms with van der Waals surface area (Å²) >= 11 is 0. The Morgan fingerprint density at radius 1 is 1.12 bits per heavy atom. The Kier molecular flexibility index (Phi) is 6.40. The first-order valence-corrected chi connectivity index (χ1v) is 11.0. The van der Waals surface area contributed by atoms with Crippen LogP contribution in [-0.2, 0) is 6.54 Å². The van der Waals surface area contributed by atoms with Crippen molar-refractivity contribution in [2.45, 2.75) is 38.8 Å². The highest BCUT2D eigenvalue weighted by molar-refractivity contribution is 6.07. The second-order valence-electron chi connectivity index (χ2n) is 8.47. The molecule has 166 valence electrons. The smallest absolute Gasteiger partial charge is 0.253 e. The molecular weight excluding hydrogens is 405 g/mol. The zero-order chi connectivity index (χ0) is 22.7. The van der Waals surface area contributed by atoms with E-state index in [4.69, 9.17) is 0 Å². The number of rotatable bonds is 5. The standard InChI is InChI=1S/C26H28FN3O2/c1-17-6-3-4-7-20(14-17)29-26(32)21-16-30(23-9-5-8-22(27)24(21)23)15-18-10-12-19(13-11-18)25(31)28-2/h3,5-6,8-13,16-17,20H,4,7,14-15H2,1-2H3,(H,28,31)(H,29,32). The topological polar surface area (TPSA) is 63.1 Å². The summed E-state index contributed by atoms with van der Waals surface area (Å²) in [5.74, 6) is -0.393. The Hall–Kier alpha value is -3.41. The highest BCUT2D eigenvalue weighted by Gasteiger charge is 2.22. The number of nitrogens with zero attached hydrogens (tertiary/aromatic N) is 1. The van der Waals surface area contributed by atoms with Crippen LogP contribution < -0.4 is 10.6 Å². The van der Waals surface area contributed by atoms with Gasteiger partial charge in [0.25, 0.3) is 11.8 Å². The fourth-order valence-electron chi connectivity index (χ4n) is 4.38. The van der Waals surface area contributed by atoms with Crippen LogP contribution in [0.1, 0.15) is 52.5 Å². The van der Waals surface area contributed by atoms with Gasteiger partial charge in [-0.2, -0.15) is 0 Å². The zero-order valence-electron chi connectivity index (χ0n) is 18.4. The average molecular weight is 434 g/mol. The molecule has 4 rings (SSSR count). The summed E-state index contributed by atoms with van der Waals surface area (Å²) in [5.41, 5.74) is 2.55. The van der Waals surface area contributed by atoms with E-state index < -0.39 is 5.82 Å². The minimum absolute atomic E-state index is 0.0647. The van der Waals surface area contributed by atoms with Crippen LogP contribution in [0.25, 0.3) is 10.9 Å². The molecule has 2 amide bonds. The molecule has 0 saturated heterocycles. The number of hydrogen-bond donors (Lipinski definition) is 2. The number of halogens is 1. The van der Waals surface area contributed by atoms with Crippen LogP contribution in [0.2, 0.25) is 0 Å². The molecule has 0 fully saturated rings. The predicted molar refractivity (Wildman–Crippen MR) is 124 cm³/mol. The van der Waals surface area contributed by atoms with Gasteiger partial charge in [-0.1, -0.05) is 37.3 Å². The van der Waals surface area contributed by atoms with Gasteiger partial charge in [0.05, 0.1) is 11.1 Å². The highest BCUT2D eigenvalue weighted by atomic mass is 19.1. The summed E-state index contributed by atoms with van der Waals surface area (Å²) in [5, 5.41) is 6.07. The van der Waals surface area contributed by atoms with Gasteiger partial charge in [-0.15, -0.1) is 0 Å². The van der Waals surface area contributed by atoms with E-state index in [1.54, 1.807) is 31.4 Å². The van der Waals surface area contributed by atoms with Gasteiger partial charge < -0.3 is 15.2 Å². The quantitative estimate of drug-likeness (QED) is 0.575. The van der Waals surface area contributed by atoms with Crippen molar-refractivity contribution in [1.29, 1.82) is 0 Å². The van der Waals surface area contributed by atoms with E-state index in [2.05, 4.69) is 29.7 Å². The third kappa shape index (κ3) is 4.59. The third-order valence-corrected chi connectivity index (χ3v) is 6.03. The van der Waals surface area contributed by atoms with Crippen molar-refractivity contribution < 1.29 is 14.0 Å². The number of benzene rings is 2. The van der Waals surface area contributed by atoms with Crippen molar-refractivity contribution in [3.8, 4) is 0 Å². The predicted octanol–water partition coefficient (Wildman–Crippen LogP) is 4.66. The van der Waals surface area contributed by atoms with Gasteiger partial charge in [0.15, 0.2) is 0 Å². The molecule has 1 aliphatic rings. The SMILES string of the molecule is CNC(=O)c1ccc(Cn2cc(C(=O)NC3CCC=CC(C)C3)c3c(F)cccc32)cc1. The summed E-state index contributed by atoms with van der Waals surface area (Å²) in [6.07, 6.45) is 8.77. The molecular formula is C26H28FN3O2. The van der Waals surface area contributed by atoms with E-state index in [-0.39, 0.29) is 17.9 Å². The first-order valence-electron chi connectivity index (χ1n) is 11.0. The van der Waals surface area contributed by atoms with Gasteiger partial charge in [0, 0.05) is 36.8 Å². The van der Waals surface area contributed by atoms with E-state index in [1.165, 1.54) is 6.07 Å². The maximum absolute atomic E-state index is 14.8. The van der Waals surface area contributed by atoms with E-state index in [0.717, 1.165) is 24.8 Å². The summed E-state index contributed by atoms with van der Waals surface area (Å²) in [6.45, 7) is 2.60. The Morgan fingerprint density at radius 3 is 2.66 bits per heavy atom. The molecule has 32 heavy (non-hydrogen) atoms. The molecule has 3 aromatic rings. The van der Waals surface area contributed by atoms with E-state index >= 15 is 0 Å². The van der Waals surface area contributed by atoms with Crippen LogP contribution in [0, 0.1) is 11.7 Å². The molecule has 1 aromatic heterocycles. The van der Waals surface area contributed by atoms with Gasteiger partial charge in [0.2, 0.25) is 0 Å². The molecule has 0 bridgehead atoms. The summed E-state index contributed by atoms with van der Waals surface area (Å²) in [7, 11) is 1.59. The van der Waals surface area contributed by atoms with Crippen LogP contribution in [0.15, 0.2) is 60.8 Å². The lowest BCUT2D eigenvalue weighted by atomic mass is 10.0. The van der Waals surface area contributed by atoms with Gasteiger partial charge in [-0.05, 0) is 55.0 Å². The van der Waals surface area contributed by atoms with Crippen molar-refractivity contribution in [3.63, 3.8) is 0 Å². The number of carbonyl (C=O) groups excluding carboxylic acids is 2. The Labute approximate surface area is 187 Å². The maximum Gasteiger partial charge on any atom is 0.253 e. The van der Waals surface area contributed by atoms with Crippen LogP contribution >= 0.6 is 0 Å². The number of allylic oxidation sites excluding steroid dienone is 2. The second-order valence-corrected chi connectivity index (χ2v) is 8.47. The molecule has 0 aliphatic heterocycles. The average Bonchev–Trinajstić information content (AvgIpc) is 3.03. The van der Waals surface area contributed by atoms with Gasteiger partial charge >= 0.3 is 0 Å². The van der Waals surface area contributed by atoms with Crippen molar-refractivity contribution >= 4 is 22.7 Å². The van der Waals surface area contributed by atoms with Gasteiger partial charge in [-0.25, -0.2) is 4.39 Å². The minimum Gasteiger partial charge on any atom is -0.355 e. The number of aromatic nitrogens is 1. The first kappa shape index (κ1) is 21.8. The summed E-state index contributed by atoms with van der Waals surface area (Å²) in [4.78, 5) is 24.9. The fourth-order valence-corrected chi connectivity index (χ4v) is 4.38. The monoisotopic (exact) mass is 433 g/mol. The molecule has 0 radical (unpaired) electrons. The summed E-state index contributed by atoms with van der Waals surface area (Å²) in [6, 6.07) is 12.2. The molecule has 2 N–H and O–H groups in total. The molecule has 2 unspecified atom stereocenters. The number of hydrogen-bond acceptors (Lipinski definition) is 2. The van der Waals surface area contributed by atoms with Crippen molar-refractivity contribution in [2.75, 3.05) is 7.05 Å². The molecule has 1 aliphatic carbocycles. The Bertz CT molecular complexity index is 1160. The van der Waals surface area contributed by atoms with Crippen molar-refractivity contribution in [2.24, 2.45) is 5.92 Å². The second kappa shape index (κ2) is 9.39. The van der Waals surface area contributed by atoms with Crippen LogP contribution in [0.5, 0.6) is 0 Å². The van der Waals surface area contributed by atoms with Crippen molar-refractivity contribution in [3.05, 3.63) is 83.3 Å². The lowest BCUT2D eigenvalue weighted by Crippen LogP contribution is -2.35. The molecule has 6 heteroatoms. The van der Waals surface area contributed by atoms with Crippen LogP contribution in [-0.4, -0.2) is 29.5 Å². The van der Waals surface area contributed by atoms with Gasteiger partial charge in [-0.3, -0.25) is 9.59 Å². The fraction of sp³-hybridized carbons (Fsp3) is 0.308. The lowest BCUT2D eigenvalue weighted by Gasteiger charge is -2.18. The first-order chi connectivity index (χ1) is 15.5. The molecule has 2 aromatic carbocycles. The van der Waals surface area contributed by atoms with Crippen molar-refractivity contribution in [1.82, 2.24) is 15.2 Å². The normalized spacial score (nSPS) is 18.3. The number of amides is 2. The molecule has 0 spiro atoms. The molecule has 5 nitrogen and oxygen atoms in total. The van der Waals surface area contributed by atoms with Crippen LogP contribution in [0.3, 0.4) is 0 Å². The largest absolute Gasteiger partial charge is 0.355 e. The molecule has 0 saturated carbocycles. The third-order valence-electron chi connectivity index (χ3n) is 6.03. The van der Waals surface area contributed by atoms with Gasteiger partial charge in [0.1, 0.15) is 5.82 Å². The Morgan fingerprint density at radius 2 is 1.91 bits per heavy atom. The molecule has 1 heterocycles. The van der Waals surface area contributed by atoms with E-state index in [1.807, 2.05) is 22.8 Å². The minimum atomic E-state index is -0.405. The highest BCUT2D eigenvalue weighted by Crippen LogP contribution is 2.26. The van der Waals surface area contributed by atoms with E-state index in [0.29, 0.717) is 34.5 Å². The molecule has 2 atom stereocenters. The lowest BCUT2D eigenvalue weighted by molar-refractivity contribution is 0.0930. The zero-order valence-corrected chi connectivity index (χ0v) is 18.4. The number of fused-ring (bicyclic) bond motifs is 1. The number of nitrogens with one attached hydrogen (secondary N) is 2. The van der Waals surface area contributed by atoms with E-state index in [9.17, 15) is 14.0 Å². The maximum atomic E-state index is 14.8.